The van der Waals surface area contributed by atoms with Crippen LogP contribution in [-0.4, -0.2) is 8.42 Å². The molecule has 104 valence electrons. The molecule has 0 aliphatic carbocycles. The van der Waals surface area contributed by atoms with Crippen LogP contribution in [0.15, 0.2) is 47.4 Å². The summed E-state index contributed by atoms with van der Waals surface area (Å²) in [6.45, 7) is 0. The Morgan fingerprint density at radius 2 is 1.67 bits per heavy atom. The molecule has 2 aromatic rings. The number of hydrogen-bond donors (Lipinski definition) is 0. The molecule has 0 spiro atoms. The van der Waals surface area contributed by atoms with E-state index in [2.05, 4.69) is 0 Å². The van der Waals surface area contributed by atoms with E-state index in [9.17, 15) is 12.8 Å². The second-order valence-electron chi connectivity index (χ2n) is 3.90. The van der Waals surface area contributed by atoms with Crippen molar-refractivity contribution >= 4 is 10.1 Å². The van der Waals surface area contributed by atoms with Crippen LogP contribution in [0.1, 0.15) is 11.1 Å². The molecule has 0 aromatic heterocycles. The number of nitriles is 2. The first-order valence-electron chi connectivity index (χ1n) is 5.61. The quantitative estimate of drug-likeness (QED) is 0.811. The van der Waals surface area contributed by atoms with Crippen molar-refractivity contribution in [1.82, 2.24) is 0 Å². The number of benzene rings is 2. The molecule has 0 aliphatic heterocycles. The Balaban J connectivity index is 2.45. The molecule has 2 aromatic carbocycles. The average molecular weight is 302 g/mol. The lowest BCUT2D eigenvalue weighted by Gasteiger charge is -2.08. The molecule has 0 N–H and O–H groups in total. The molecule has 0 radical (unpaired) electrons. The molecule has 0 aliphatic rings. The normalized spacial score (nSPS) is 10.4. The summed E-state index contributed by atoms with van der Waals surface area (Å²) in [5.74, 6) is -0.961. The fourth-order valence-electron chi connectivity index (χ4n) is 1.54. The van der Waals surface area contributed by atoms with E-state index in [1.807, 2.05) is 0 Å². The van der Waals surface area contributed by atoms with E-state index >= 15 is 0 Å². The van der Waals surface area contributed by atoms with Crippen molar-refractivity contribution in [1.29, 1.82) is 10.5 Å². The summed E-state index contributed by atoms with van der Waals surface area (Å²) >= 11 is 0. The van der Waals surface area contributed by atoms with Gasteiger partial charge in [-0.25, -0.2) is 4.39 Å². The molecule has 2 rings (SSSR count). The summed E-state index contributed by atoms with van der Waals surface area (Å²) in [4.78, 5) is -0.367. The van der Waals surface area contributed by atoms with Crippen LogP contribution >= 0.6 is 0 Å². The third-order valence-corrected chi connectivity index (χ3v) is 3.78. The van der Waals surface area contributed by atoms with E-state index < -0.39 is 21.5 Å². The van der Waals surface area contributed by atoms with Gasteiger partial charge < -0.3 is 4.18 Å². The maximum atomic E-state index is 13.2. The zero-order valence-electron chi connectivity index (χ0n) is 10.4. The van der Waals surface area contributed by atoms with Crippen molar-refractivity contribution in [2.75, 3.05) is 0 Å². The molecule has 7 heteroatoms. The fourth-order valence-corrected chi connectivity index (χ4v) is 2.52. The van der Waals surface area contributed by atoms with Crippen molar-refractivity contribution in [3.63, 3.8) is 0 Å². The summed E-state index contributed by atoms with van der Waals surface area (Å²) in [6, 6.07) is 11.9. The summed E-state index contributed by atoms with van der Waals surface area (Å²) in [5.41, 5.74) is -0.364. The van der Waals surface area contributed by atoms with Gasteiger partial charge in [0.15, 0.2) is 5.75 Å². The molecule has 0 bridgehead atoms. The number of rotatable bonds is 3. The van der Waals surface area contributed by atoms with Gasteiger partial charge in [-0.2, -0.15) is 18.9 Å². The van der Waals surface area contributed by atoms with Crippen molar-refractivity contribution in [3.8, 4) is 17.9 Å². The summed E-state index contributed by atoms with van der Waals surface area (Å²) < 4.78 is 42.2. The Labute approximate surface area is 120 Å². The van der Waals surface area contributed by atoms with E-state index in [4.69, 9.17) is 14.7 Å². The van der Waals surface area contributed by atoms with Crippen molar-refractivity contribution < 1.29 is 17.0 Å². The van der Waals surface area contributed by atoms with Crippen molar-refractivity contribution in [2.24, 2.45) is 0 Å². The van der Waals surface area contributed by atoms with Gasteiger partial charge in [-0.05, 0) is 30.3 Å². The minimum absolute atomic E-state index is 0.0451. The highest BCUT2D eigenvalue weighted by molar-refractivity contribution is 7.87. The first-order valence-corrected chi connectivity index (χ1v) is 7.02. The molecule has 0 saturated heterocycles. The van der Waals surface area contributed by atoms with E-state index in [1.165, 1.54) is 18.2 Å². The molecule has 21 heavy (non-hydrogen) atoms. The number of hydrogen-bond acceptors (Lipinski definition) is 5. The van der Waals surface area contributed by atoms with Crippen LogP contribution in [-0.2, 0) is 10.1 Å². The maximum Gasteiger partial charge on any atom is 0.339 e. The van der Waals surface area contributed by atoms with Crippen LogP contribution in [0.5, 0.6) is 5.75 Å². The SMILES string of the molecule is N#Cc1cc(S(=O)(=O)Oc2ccccc2C#N)ccc1F. The van der Waals surface area contributed by atoms with Gasteiger partial charge in [0.2, 0.25) is 0 Å². The third-order valence-electron chi connectivity index (χ3n) is 2.55. The Morgan fingerprint density at radius 3 is 2.33 bits per heavy atom. The summed E-state index contributed by atoms with van der Waals surface area (Å²) in [6.07, 6.45) is 0. The zero-order valence-corrected chi connectivity index (χ0v) is 11.3. The van der Waals surface area contributed by atoms with Crippen LogP contribution < -0.4 is 4.18 Å². The maximum absolute atomic E-state index is 13.2. The van der Waals surface area contributed by atoms with Gasteiger partial charge >= 0.3 is 10.1 Å². The van der Waals surface area contributed by atoms with E-state index in [1.54, 1.807) is 18.2 Å². The molecule has 0 atom stereocenters. The number of para-hydroxylation sites is 1. The average Bonchev–Trinajstić information content (AvgIpc) is 2.47. The Bertz CT molecular complexity index is 880. The van der Waals surface area contributed by atoms with Gasteiger partial charge in [0.25, 0.3) is 0 Å². The predicted molar refractivity (Wildman–Crippen MR) is 70.1 cm³/mol. The molecular formula is C14H7FN2O3S. The lowest BCUT2D eigenvalue weighted by atomic mass is 10.2. The van der Waals surface area contributed by atoms with Crippen molar-refractivity contribution in [3.05, 3.63) is 59.4 Å². The molecule has 0 saturated carbocycles. The minimum atomic E-state index is -4.26. The van der Waals surface area contributed by atoms with Gasteiger partial charge in [-0.1, -0.05) is 12.1 Å². The summed E-state index contributed by atoms with van der Waals surface area (Å²) in [7, 11) is -4.26. The van der Waals surface area contributed by atoms with Gasteiger partial charge in [-0.3, -0.25) is 0 Å². The third kappa shape index (κ3) is 2.99. The number of nitrogens with zero attached hydrogens (tertiary/aromatic N) is 2. The van der Waals surface area contributed by atoms with Crippen LogP contribution in [0.2, 0.25) is 0 Å². The zero-order chi connectivity index (χ0) is 15.5. The van der Waals surface area contributed by atoms with Crippen LogP contribution in [0, 0.1) is 28.5 Å². The van der Waals surface area contributed by atoms with E-state index in [0.29, 0.717) is 0 Å². The molecule has 5 nitrogen and oxygen atoms in total. The summed E-state index contributed by atoms with van der Waals surface area (Å²) in [5, 5.41) is 17.6. The second-order valence-corrected chi connectivity index (χ2v) is 5.45. The Hall–Kier alpha value is -2.90. The molecule has 0 heterocycles. The molecule has 0 fully saturated rings. The van der Waals surface area contributed by atoms with Crippen LogP contribution in [0.4, 0.5) is 4.39 Å². The van der Waals surface area contributed by atoms with Gasteiger partial charge in [-0.15, -0.1) is 0 Å². The van der Waals surface area contributed by atoms with Crippen LogP contribution in [0.25, 0.3) is 0 Å². The van der Waals surface area contributed by atoms with Gasteiger partial charge in [0.05, 0.1) is 11.1 Å². The smallest absolute Gasteiger partial charge is 0.339 e. The monoisotopic (exact) mass is 302 g/mol. The predicted octanol–water partition coefficient (Wildman–Crippen LogP) is 2.34. The molecule has 0 amide bonds. The number of halogens is 1. The Morgan fingerprint density at radius 1 is 1.00 bits per heavy atom. The lowest BCUT2D eigenvalue weighted by Crippen LogP contribution is -2.11. The van der Waals surface area contributed by atoms with Gasteiger partial charge in [0.1, 0.15) is 22.9 Å². The van der Waals surface area contributed by atoms with Crippen LogP contribution in [0.3, 0.4) is 0 Å². The lowest BCUT2D eigenvalue weighted by molar-refractivity contribution is 0.485. The fraction of sp³-hybridized carbons (Fsp3) is 0. The topological polar surface area (TPSA) is 90.9 Å². The first-order chi connectivity index (χ1) is 9.97. The molecule has 0 unspecified atom stereocenters. The van der Waals surface area contributed by atoms with E-state index in [0.717, 1.165) is 18.2 Å². The van der Waals surface area contributed by atoms with Gasteiger partial charge in [0, 0.05) is 0 Å². The minimum Gasteiger partial charge on any atom is -0.378 e. The first kappa shape index (κ1) is 14.5. The second kappa shape index (κ2) is 5.61. The highest BCUT2D eigenvalue weighted by Gasteiger charge is 2.20. The largest absolute Gasteiger partial charge is 0.378 e. The highest BCUT2D eigenvalue weighted by atomic mass is 32.2. The van der Waals surface area contributed by atoms with E-state index in [-0.39, 0.29) is 16.2 Å². The molecular weight excluding hydrogens is 295 g/mol. The highest BCUT2D eigenvalue weighted by Crippen LogP contribution is 2.23. The standard InChI is InChI=1S/C14H7FN2O3S/c15-13-6-5-12(7-11(13)9-17)21(18,19)20-14-4-2-1-3-10(14)8-16/h1-7H. The Kier molecular flexibility index (Phi) is 3.88. The van der Waals surface area contributed by atoms with Crippen molar-refractivity contribution in [2.45, 2.75) is 4.90 Å².